The monoisotopic (exact) mass is 973 g/mol. The van der Waals surface area contributed by atoms with Gasteiger partial charge < -0.3 is 20.1 Å². The SMILES string of the molecule is Cc1c(OCCCC2CCN([C@@H](C)C(=O)Nc3ccc4c(C5CCC(=O)NC5=O)nn(C)c4c3)CC2)cccc1-c1ccc(N2CCc3cccc(C(=O)Nc4nc5ccccc5s4)c3C2)nc1C(=O)O. The molecule has 17 heteroatoms. The molecule has 0 aliphatic carbocycles. The van der Waals surface area contributed by atoms with Gasteiger partial charge in [0.2, 0.25) is 17.7 Å². The highest BCUT2D eigenvalue weighted by molar-refractivity contribution is 7.22. The van der Waals surface area contributed by atoms with Crippen molar-refractivity contribution in [2.24, 2.45) is 13.0 Å². The molecule has 71 heavy (non-hydrogen) atoms. The minimum absolute atomic E-state index is 0.0538. The summed E-state index contributed by atoms with van der Waals surface area (Å²) in [5, 5.41) is 24.9. The lowest BCUT2D eigenvalue weighted by molar-refractivity contribution is -0.134. The Morgan fingerprint density at radius 3 is 2.52 bits per heavy atom. The predicted molar refractivity (Wildman–Crippen MR) is 273 cm³/mol. The maximum atomic E-state index is 13.6. The average molecular weight is 974 g/mol. The quantitative estimate of drug-likeness (QED) is 0.0599. The molecular weight excluding hydrogens is 919 g/mol. The summed E-state index contributed by atoms with van der Waals surface area (Å²) in [5.74, 6) is -0.832. The van der Waals surface area contributed by atoms with Crippen LogP contribution in [0, 0.1) is 12.8 Å². The zero-order valence-electron chi connectivity index (χ0n) is 39.9. The second kappa shape index (κ2) is 20.1. The molecule has 16 nitrogen and oxygen atoms in total. The van der Waals surface area contributed by atoms with Gasteiger partial charge in [0.05, 0.1) is 40.0 Å². The van der Waals surface area contributed by atoms with Gasteiger partial charge in [0, 0.05) is 48.8 Å². The smallest absolute Gasteiger partial charge is 0.355 e. The van der Waals surface area contributed by atoms with Crippen LogP contribution in [0.4, 0.5) is 16.6 Å². The number of carboxylic acids is 1. The van der Waals surface area contributed by atoms with Gasteiger partial charge in [0.15, 0.2) is 10.8 Å². The summed E-state index contributed by atoms with van der Waals surface area (Å²) < 4.78 is 9.04. The lowest BCUT2D eigenvalue weighted by atomic mass is 9.91. The van der Waals surface area contributed by atoms with E-state index in [1.807, 2.05) is 110 Å². The Kier molecular flexibility index (Phi) is 13.3. The number of fused-ring (bicyclic) bond motifs is 3. The minimum atomic E-state index is -1.13. The fourth-order valence-corrected chi connectivity index (χ4v) is 11.2. The van der Waals surface area contributed by atoms with Crippen molar-refractivity contribution in [1.29, 1.82) is 0 Å². The highest BCUT2D eigenvalue weighted by Gasteiger charge is 2.33. The number of benzene rings is 4. The summed E-state index contributed by atoms with van der Waals surface area (Å²) in [4.78, 5) is 77.7. The highest BCUT2D eigenvalue weighted by Crippen LogP contribution is 2.36. The van der Waals surface area contributed by atoms with Crippen LogP contribution in [-0.2, 0) is 34.4 Å². The Balaban J connectivity index is 0.717. The van der Waals surface area contributed by atoms with Crippen LogP contribution in [0.25, 0.3) is 32.2 Å². The van der Waals surface area contributed by atoms with Crippen LogP contribution in [0.5, 0.6) is 5.75 Å². The van der Waals surface area contributed by atoms with Crippen molar-refractivity contribution >= 4 is 78.7 Å². The topological polar surface area (TPSA) is 201 Å². The molecule has 3 aliphatic rings. The zero-order chi connectivity index (χ0) is 49.3. The number of para-hydroxylation sites is 1. The number of likely N-dealkylation sites (tertiary alicyclic amines) is 1. The normalized spacial score (nSPS) is 16.9. The van der Waals surface area contributed by atoms with Crippen LogP contribution < -0.4 is 25.6 Å². The van der Waals surface area contributed by atoms with Gasteiger partial charge in [-0.1, -0.05) is 47.7 Å². The largest absolute Gasteiger partial charge is 0.493 e. The Hall–Kier alpha value is -7.50. The fraction of sp³-hybridized carbons (Fsp3) is 0.333. The number of pyridine rings is 1. The zero-order valence-corrected chi connectivity index (χ0v) is 40.7. The molecule has 3 aromatic heterocycles. The Labute approximate surface area is 414 Å². The molecule has 0 radical (unpaired) electrons. The number of hydrogen-bond acceptors (Lipinski definition) is 12. The van der Waals surface area contributed by atoms with Gasteiger partial charge in [0.1, 0.15) is 11.6 Å². The molecule has 2 fully saturated rings. The third kappa shape index (κ3) is 9.84. The molecule has 10 rings (SSSR count). The van der Waals surface area contributed by atoms with E-state index in [1.165, 1.54) is 11.3 Å². The Morgan fingerprint density at radius 1 is 0.901 bits per heavy atom. The first-order chi connectivity index (χ1) is 34.4. The standard InChI is InChI=1S/C54H55N9O7S/c1-31-36(37-18-20-46(57-49(37)53(68)69)63-27-24-34-10-6-12-38(41(34)30-63)51(66)59-54-56-42-13-4-5-15-45(42)71-54)11-7-14-44(31)70-28-8-9-33-22-25-62(26-23-33)32(2)50(65)55-35-16-17-39-43(29-35)61(3)60-48(39)40-19-21-47(64)58-52(40)67/h4-7,10-18,20,29,32-33,40H,8-9,19,21-28,30H2,1-3H3,(H,55,65)(H,68,69)(H,56,59,66)(H,58,64,67)/t32-,40?/m0/s1. The van der Waals surface area contributed by atoms with Gasteiger partial charge in [-0.15, -0.1) is 0 Å². The summed E-state index contributed by atoms with van der Waals surface area (Å²) in [7, 11) is 1.81. The molecule has 4 amide bonds. The number of ether oxygens (including phenoxy) is 1. The van der Waals surface area contributed by atoms with Crippen molar-refractivity contribution < 1.29 is 33.8 Å². The van der Waals surface area contributed by atoms with Crippen LogP contribution in [-0.4, -0.2) is 91.6 Å². The number of aryl methyl sites for hydroxylation is 1. The Bertz CT molecular complexity index is 3200. The third-order valence-corrected chi connectivity index (χ3v) is 15.3. The summed E-state index contributed by atoms with van der Waals surface area (Å²) >= 11 is 1.43. The van der Waals surface area contributed by atoms with Gasteiger partial charge in [-0.2, -0.15) is 5.10 Å². The second-order valence-electron chi connectivity index (χ2n) is 18.7. The molecule has 0 bridgehead atoms. The number of piperidine rings is 2. The molecule has 3 aliphatic heterocycles. The molecule has 4 N–H and O–H groups in total. The highest BCUT2D eigenvalue weighted by atomic mass is 32.1. The fourth-order valence-electron chi connectivity index (χ4n) is 10.3. The molecule has 364 valence electrons. The van der Waals surface area contributed by atoms with Crippen LogP contribution >= 0.6 is 11.3 Å². The molecule has 7 aromatic rings. The molecule has 4 aromatic carbocycles. The van der Waals surface area contributed by atoms with E-state index >= 15 is 0 Å². The van der Waals surface area contributed by atoms with E-state index in [0.29, 0.717) is 77.7 Å². The first kappa shape index (κ1) is 47.2. The second-order valence-corrected chi connectivity index (χ2v) is 19.8. The lowest BCUT2D eigenvalue weighted by Gasteiger charge is -2.35. The van der Waals surface area contributed by atoms with Crippen LogP contribution in [0.15, 0.2) is 91.0 Å². The van der Waals surface area contributed by atoms with Crippen molar-refractivity contribution in [1.82, 2.24) is 30.0 Å². The maximum absolute atomic E-state index is 13.6. The number of nitrogens with one attached hydrogen (secondary N) is 3. The summed E-state index contributed by atoms with van der Waals surface area (Å²) in [6.07, 6.45) is 5.15. The van der Waals surface area contributed by atoms with Crippen LogP contribution in [0.1, 0.15) is 94.6 Å². The number of aromatic carboxylic acids is 1. The van der Waals surface area contributed by atoms with Gasteiger partial charge in [0.25, 0.3) is 5.91 Å². The number of anilines is 3. The number of thiazole rings is 1. The van der Waals surface area contributed by atoms with Gasteiger partial charge in [-0.3, -0.25) is 39.4 Å². The van der Waals surface area contributed by atoms with E-state index < -0.39 is 11.9 Å². The number of imide groups is 1. The number of carbonyl (C=O) groups is 5. The summed E-state index contributed by atoms with van der Waals surface area (Å²) in [6, 6.07) is 28.1. The molecule has 2 saturated heterocycles. The Morgan fingerprint density at radius 2 is 1.72 bits per heavy atom. The predicted octanol–water partition coefficient (Wildman–Crippen LogP) is 8.49. The number of aromatic nitrogens is 4. The molecular formula is C54H55N9O7S. The first-order valence-electron chi connectivity index (χ1n) is 24.2. The van der Waals surface area contributed by atoms with E-state index in [2.05, 4.69) is 30.9 Å². The number of amides is 4. The molecule has 0 spiro atoms. The molecule has 2 atom stereocenters. The van der Waals surface area contributed by atoms with Crippen molar-refractivity contribution in [2.45, 2.75) is 77.3 Å². The summed E-state index contributed by atoms with van der Waals surface area (Å²) in [6.45, 7) is 7.02. The number of hydrogen-bond donors (Lipinski definition) is 4. The van der Waals surface area contributed by atoms with Crippen molar-refractivity contribution in [2.75, 3.05) is 41.8 Å². The lowest BCUT2D eigenvalue weighted by Crippen LogP contribution is -2.46. The van der Waals surface area contributed by atoms with Crippen molar-refractivity contribution in [3.8, 4) is 16.9 Å². The molecule has 0 saturated carbocycles. The van der Waals surface area contributed by atoms with Gasteiger partial charge in [-0.25, -0.2) is 14.8 Å². The van der Waals surface area contributed by atoms with E-state index in [4.69, 9.17) is 9.72 Å². The molecule has 1 unspecified atom stereocenters. The number of nitrogens with zero attached hydrogens (tertiary/aromatic N) is 6. The van der Waals surface area contributed by atoms with Crippen LogP contribution in [0.2, 0.25) is 0 Å². The minimum Gasteiger partial charge on any atom is -0.493 e. The van der Waals surface area contributed by atoms with E-state index in [1.54, 1.807) is 11.7 Å². The number of carboxylic acid groups (broad SMARTS) is 1. The van der Waals surface area contributed by atoms with Crippen LogP contribution in [0.3, 0.4) is 0 Å². The van der Waals surface area contributed by atoms with E-state index in [0.717, 1.165) is 82.1 Å². The summed E-state index contributed by atoms with van der Waals surface area (Å²) in [5.41, 5.74) is 7.42. The number of rotatable bonds is 14. The maximum Gasteiger partial charge on any atom is 0.355 e. The van der Waals surface area contributed by atoms with Crippen molar-refractivity contribution in [3.05, 3.63) is 125 Å². The van der Waals surface area contributed by atoms with E-state index in [9.17, 15) is 29.1 Å². The van der Waals surface area contributed by atoms with Crippen molar-refractivity contribution in [3.63, 3.8) is 0 Å². The third-order valence-electron chi connectivity index (χ3n) is 14.3. The van der Waals surface area contributed by atoms with E-state index in [-0.39, 0.29) is 41.8 Å². The number of carbonyl (C=O) groups excluding carboxylic acids is 4. The first-order valence-corrected chi connectivity index (χ1v) is 25.0. The van der Waals surface area contributed by atoms with Gasteiger partial charge in [-0.05, 0) is 148 Å². The van der Waals surface area contributed by atoms with Gasteiger partial charge >= 0.3 is 5.97 Å². The average Bonchev–Trinajstić information content (AvgIpc) is 3.94. The molecule has 6 heterocycles.